The third-order valence-corrected chi connectivity index (χ3v) is 6.76. The molecule has 3 aromatic carbocycles. The second-order valence-electron chi connectivity index (χ2n) is 9.23. The molecule has 0 unspecified atom stereocenters. The summed E-state index contributed by atoms with van der Waals surface area (Å²) in [6.07, 6.45) is 2.37. The van der Waals surface area contributed by atoms with Crippen LogP contribution in [0, 0.1) is 11.3 Å². The maximum Gasteiger partial charge on any atom is 0.318 e. The smallest absolute Gasteiger partial charge is 0.318 e. The van der Waals surface area contributed by atoms with Crippen LogP contribution in [0.4, 0.5) is 10.5 Å². The molecule has 4 rings (SSSR count). The van der Waals surface area contributed by atoms with Crippen LogP contribution in [0.5, 0.6) is 0 Å². The van der Waals surface area contributed by atoms with Gasteiger partial charge in [0.1, 0.15) is 6.54 Å². The molecule has 0 aromatic heterocycles. The van der Waals surface area contributed by atoms with Gasteiger partial charge in [-0.05, 0) is 73.0 Å². The third-order valence-electron chi connectivity index (χ3n) is 6.32. The molecular weight excluding hydrogens is 521 g/mol. The van der Waals surface area contributed by atoms with E-state index in [2.05, 4.69) is 21.6 Å². The van der Waals surface area contributed by atoms with Crippen molar-refractivity contribution in [2.45, 2.75) is 19.4 Å². The van der Waals surface area contributed by atoms with Crippen LogP contribution >= 0.6 is 23.2 Å². The number of carbonyl (C=O) groups is 2. The zero-order chi connectivity index (χ0) is 26.9. The molecule has 3 aromatic rings. The maximum absolute atomic E-state index is 13.1. The molecular formula is C29H29Cl2N5O2. The third kappa shape index (κ3) is 7.96. The summed E-state index contributed by atoms with van der Waals surface area (Å²) in [6, 6.07) is 21.8. The van der Waals surface area contributed by atoms with E-state index in [1.54, 1.807) is 24.3 Å². The van der Waals surface area contributed by atoms with E-state index in [1.807, 2.05) is 42.5 Å². The zero-order valence-electron chi connectivity index (χ0n) is 20.9. The Morgan fingerprint density at radius 3 is 2.34 bits per heavy atom. The summed E-state index contributed by atoms with van der Waals surface area (Å²) in [6.45, 7) is 3.49. The van der Waals surface area contributed by atoms with Gasteiger partial charge in [-0.3, -0.25) is 4.79 Å². The molecule has 2 N–H and O–H groups in total. The maximum atomic E-state index is 13.1. The first-order valence-electron chi connectivity index (χ1n) is 12.5. The molecule has 0 saturated carbocycles. The van der Waals surface area contributed by atoms with Crippen molar-refractivity contribution in [2.75, 3.05) is 38.0 Å². The number of nitrogens with one attached hydrogen (secondary N) is 2. The highest BCUT2D eigenvalue weighted by Gasteiger charge is 2.19. The first-order valence-corrected chi connectivity index (χ1v) is 13.3. The Kier molecular flexibility index (Phi) is 9.61. The number of halogens is 2. The van der Waals surface area contributed by atoms with E-state index >= 15 is 0 Å². The van der Waals surface area contributed by atoms with Gasteiger partial charge in [0, 0.05) is 35.4 Å². The lowest BCUT2D eigenvalue weighted by molar-refractivity contribution is -0.116. The largest absolute Gasteiger partial charge is 0.337 e. The van der Waals surface area contributed by atoms with Crippen LogP contribution in [-0.4, -0.2) is 54.5 Å². The Balaban J connectivity index is 1.44. The number of likely N-dealkylation sites (tertiary alicyclic amines) is 1. The van der Waals surface area contributed by atoms with Crippen molar-refractivity contribution in [3.8, 4) is 17.2 Å². The molecule has 0 atom stereocenters. The zero-order valence-corrected chi connectivity index (χ0v) is 22.4. The van der Waals surface area contributed by atoms with Crippen molar-refractivity contribution >= 4 is 40.8 Å². The van der Waals surface area contributed by atoms with Crippen molar-refractivity contribution < 1.29 is 9.59 Å². The van der Waals surface area contributed by atoms with Crippen LogP contribution in [0.25, 0.3) is 11.1 Å². The van der Waals surface area contributed by atoms with Gasteiger partial charge in [-0.2, -0.15) is 5.26 Å². The van der Waals surface area contributed by atoms with Crippen molar-refractivity contribution in [1.29, 1.82) is 5.26 Å². The second-order valence-corrected chi connectivity index (χ2v) is 10.1. The number of nitrogens with zero attached hydrogens (tertiary/aromatic N) is 3. The average Bonchev–Trinajstić information content (AvgIpc) is 3.41. The van der Waals surface area contributed by atoms with Crippen LogP contribution in [0.2, 0.25) is 10.0 Å². The summed E-state index contributed by atoms with van der Waals surface area (Å²) < 4.78 is 0. The van der Waals surface area contributed by atoms with Crippen LogP contribution in [-0.2, 0) is 11.3 Å². The molecule has 1 saturated heterocycles. The lowest BCUT2D eigenvalue weighted by Gasteiger charge is -2.24. The summed E-state index contributed by atoms with van der Waals surface area (Å²) in [5.41, 5.74) is 3.83. The van der Waals surface area contributed by atoms with Crippen molar-refractivity contribution in [3.63, 3.8) is 0 Å². The van der Waals surface area contributed by atoms with Crippen molar-refractivity contribution in [1.82, 2.24) is 15.1 Å². The van der Waals surface area contributed by atoms with Gasteiger partial charge in [0.05, 0.1) is 11.6 Å². The Hall–Kier alpha value is -3.57. The Labute approximate surface area is 232 Å². The van der Waals surface area contributed by atoms with Gasteiger partial charge in [-0.25, -0.2) is 4.79 Å². The van der Waals surface area contributed by atoms with Gasteiger partial charge in [-0.1, -0.05) is 59.6 Å². The Bertz CT molecular complexity index is 1300. The highest BCUT2D eigenvalue weighted by atomic mass is 35.5. The van der Waals surface area contributed by atoms with Gasteiger partial charge < -0.3 is 20.4 Å². The summed E-state index contributed by atoms with van der Waals surface area (Å²) >= 11 is 12.1. The molecule has 9 heteroatoms. The SMILES string of the molecule is N#Cc1cccc(-c2ccc(CN(CC(=O)Nc3cc(Cl)cc(Cl)c3)C(=O)NCCN3CCCC3)cc2)c1. The predicted octanol–water partition coefficient (Wildman–Crippen LogP) is 5.78. The summed E-state index contributed by atoms with van der Waals surface area (Å²) in [5, 5.41) is 15.7. The quantitative estimate of drug-likeness (QED) is 0.354. The standard InChI is InChI=1S/C29H29Cl2N5O2/c30-25-15-26(31)17-27(16-25)34-28(37)20-36(29(38)33-10-13-35-11-1-2-12-35)19-21-6-8-23(9-7-21)24-5-3-4-22(14-24)18-32/h3-9,14-17H,1-2,10-13,19-20H2,(H,33,38)(H,34,37). The molecule has 0 radical (unpaired) electrons. The molecule has 1 heterocycles. The van der Waals surface area contributed by atoms with Crippen LogP contribution in [0.15, 0.2) is 66.7 Å². The lowest BCUT2D eigenvalue weighted by Crippen LogP contribution is -2.45. The van der Waals surface area contributed by atoms with Gasteiger partial charge >= 0.3 is 6.03 Å². The molecule has 0 bridgehead atoms. The molecule has 1 aliphatic rings. The van der Waals surface area contributed by atoms with E-state index in [0.717, 1.165) is 36.3 Å². The summed E-state index contributed by atoms with van der Waals surface area (Å²) in [7, 11) is 0. The van der Waals surface area contributed by atoms with Crippen LogP contribution in [0.3, 0.4) is 0 Å². The van der Waals surface area contributed by atoms with Gasteiger partial charge in [0.25, 0.3) is 0 Å². The molecule has 7 nitrogen and oxygen atoms in total. The van der Waals surface area contributed by atoms with E-state index in [9.17, 15) is 14.9 Å². The Morgan fingerprint density at radius 1 is 0.947 bits per heavy atom. The van der Waals surface area contributed by atoms with E-state index in [0.29, 0.717) is 27.8 Å². The second kappa shape index (κ2) is 13.3. The molecule has 38 heavy (non-hydrogen) atoms. The molecule has 1 fully saturated rings. The number of amides is 3. The highest BCUT2D eigenvalue weighted by Crippen LogP contribution is 2.23. The monoisotopic (exact) mass is 549 g/mol. The minimum atomic E-state index is -0.358. The van der Waals surface area contributed by atoms with Crippen LogP contribution in [0.1, 0.15) is 24.0 Å². The van der Waals surface area contributed by atoms with E-state index in [-0.39, 0.29) is 25.0 Å². The number of benzene rings is 3. The minimum Gasteiger partial charge on any atom is -0.337 e. The summed E-state index contributed by atoms with van der Waals surface area (Å²) in [5.74, 6) is -0.358. The van der Waals surface area contributed by atoms with E-state index < -0.39 is 0 Å². The first kappa shape index (κ1) is 27.5. The predicted molar refractivity (Wildman–Crippen MR) is 151 cm³/mol. The fourth-order valence-corrected chi connectivity index (χ4v) is 4.96. The van der Waals surface area contributed by atoms with Gasteiger partial charge in [0.2, 0.25) is 5.91 Å². The number of rotatable bonds is 9. The number of carbonyl (C=O) groups excluding carboxylic acids is 2. The molecule has 3 amide bonds. The fraction of sp³-hybridized carbons (Fsp3) is 0.276. The van der Waals surface area contributed by atoms with E-state index in [4.69, 9.17) is 23.2 Å². The van der Waals surface area contributed by atoms with Gasteiger partial charge in [-0.15, -0.1) is 0 Å². The number of hydrogen-bond donors (Lipinski definition) is 2. The number of urea groups is 1. The summed E-state index contributed by atoms with van der Waals surface area (Å²) in [4.78, 5) is 29.8. The minimum absolute atomic E-state index is 0.147. The van der Waals surface area contributed by atoms with Crippen molar-refractivity contribution in [2.24, 2.45) is 0 Å². The average molecular weight is 550 g/mol. The van der Waals surface area contributed by atoms with Crippen LogP contribution < -0.4 is 10.6 Å². The lowest BCUT2D eigenvalue weighted by atomic mass is 10.0. The normalized spacial score (nSPS) is 13.1. The fourth-order valence-electron chi connectivity index (χ4n) is 4.43. The molecule has 0 aliphatic carbocycles. The first-order chi connectivity index (χ1) is 18.4. The number of anilines is 1. The number of nitriles is 1. The van der Waals surface area contributed by atoms with E-state index in [1.165, 1.54) is 17.7 Å². The molecule has 0 spiro atoms. The highest BCUT2D eigenvalue weighted by molar-refractivity contribution is 6.35. The van der Waals surface area contributed by atoms with Gasteiger partial charge in [0.15, 0.2) is 0 Å². The molecule has 1 aliphatic heterocycles. The Morgan fingerprint density at radius 2 is 1.66 bits per heavy atom. The molecule has 196 valence electrons. The topological polar surface area (TPSA) is 88.5 Å². The van der Waals surface area contributed by atoms with Crippen molar-refractivity contribution in [3.05, 3.63) is 87.9 Å². The number of hydrogen-bond acceptors (Lipinski definition) is 4.